The van der Waals surface area contributed by atoms with Crippen LogP contribution in [0.2, 0.25) is 0 Å². The Balaban J connectivity index is 1.58. The number of H-pyrrole nitrogens is 1. The minimum Gasteiger partial charge on any atom is -0.475 e. The molecule has 3 heterocycles. The molecule has 5 rings (SSSR count). The molecule has 0 radical (unpaired) electrons. The topological polar surface area (TPSA) is 84.1 Å². The first kappa shape index (κ1) is 15.4. The van der Waals surface area contributed by atoms with E-state index >= 15 is 0 Å². The Morgan fingerprint density at radius 2 is 2.00 bits per heavy atom. The molecular formula is C20H19N3O3. The fourth-order valence-electron chi connectivity index (χ4n) is 3.75. The van der Waals surface area contributed by atoms with Crippen molar-refractivity contribution in [2.45, 2.75) is 37.6 Å². The maximum atomic E-state index is 12.3. The molecule has 1 unspecified atom stereocenters. The number of carbonyl (C=O) groups excluding carboxylic acids is 1. The van der Waals surface area contributed by atoms with E-state index in [4.69, 9.17) is 4.74 Å². The van der Waals surface area contributed by atoms with E-state index < -0.39 is 0 Å². The number of carbonyl (C=O) groups is 1. The number of rotatable bonds is 4. The molecule has 1 aliphatic carbocycles. The SMILES string of the molecule is O=C1CCC(COc2nccc3cc4c(=O)[nH]cc(C5CC5)c4cc23)N1. The molecule has 2 fully saturated rings. The third kappa shape index (κ3) is 2.62. The molecule has 1 saturated heterocycles. The summed E-state index contributed by atoms with van der Waals surface area (Å²) in [6.45, 7) is 0.404. The fraction of sp³-hybridized carbons (Fsp3) is 0.350. The van der Waals surface area contributed by atoms with Gasteiger partial charge < -0.3 is 15.0 Å². The van der Waals surface area contributed by atoms with Crippen LogP contribution in [0.3, 0.4) is 0 Å². The number of aromatic nitrogens is 2. The van der Waals surface area contributed by atoms with Gasteiger partial charge in [0.1, 0.15) is 6.61 Å². The van der Waals surface area contributed by atoms with Gasteiger partial charge in [-0.15, -0.1) is 0 Å². The van der Waals surface area contributed by atoms with Gasteiger partial charge in [-0.2, -0.15) is 0 Å². The Kier molecular flexibility index (Phi) is 3.45. The first-order chi connectivity index (χ1) is 12.7. The first-order valence-corrected chi connectivity index (χ1v) is 9.05. The number of ether oxygens (including phenoxy) is 1. The van der Waals surface area contributed by atoms with Crippen molar-refractivity contribution in [3.05, 3.63) is 46.5 Å². The molecule has 1 atom stereocenters. The van der Waals surface area contributed by atoms with Crippen LogP contribution in [0.25, 0.3) is 21.5 Å². The van der Waals surface area contributed by atoms with E-state index in [0.717, 1.165) is 35.4 Å². The number of pyridine rings is 2. The van der Waals surface area contributed by atoms with Crippen LogP contribution in [-0.2, 0) is 4.79 Å². The summed E-state index contributed by atoms with van der Waals surface area (Å²) in [7, 11) is 0. The number of aromatic amines is 1. The molecule has 1 saturated carbocycles. The van der Waals surface area contributed by atoms with Crippen molar-refractivity contribution in [2.24, 2.45) is 0 Å². The van der Waals surface area contributed by atoms with Crippen molar-refractivity contribution in [1.29, 1.82) is 0 Å². The Morgan fingerprint density at radius 1 is 1.12 bits per heavy atom. The maximum absolute atomic E-state index is 12.3. The number of benzene rings is 1. The highest BCUT2D eigenvalue weighted by atomic mass is 16.5. The highest BCUT2D eigenvalue weighted by Crippen LogP contribution is 2.43. The van der Waals surface area contributed by atoms with E-state index in [0.29, 0.717) is 30.2 Å². The normalized spacial score (nSPS) is 19.8. The van der Waals surface area contributed by atoms with Gasteiger partial charge in [0.05, 0.1) is 6.04 Å². The molecule has 6 nitrogen and oxygen atoms in total. The van der Waals surface area contributed by atoms with E-state index in [-0.39, 0.29) is 17.5 Å². The lowest BCUT2D eigenvalue weighted by atomic mass is 10.0. The Hall–Kier alpha value is -2.89. The van der Waals surface area contributed by atoms with Crippen molar-refractivity contribution in [2.75, 3.05) is 6.61 Å². The quantitative estimate of drug-likeness (QED) is 0.709. The highest BCUT2D eigenvalue weighted by molar-refractivity contribution is 6.01. The van der Waals surface area contributed by atoms with Gasteiger partial charge in [-0.25, -0.2) is 4.98 Å². The third-order valence-electron chi connectivity index (χ3n) is 5.30. The molecule has 0 bridgehead atoms. The van der Waals surface area contributed by atoms with Gasteiger partial charge in [-0.05, 0) is 59.7 Å². The third-order valence-corrected chi connectivity index (χ3v) is 5.30. The van der Waals surface area contributed by atoms with Gasteiger partial charge in [-0.1, -0.05) is 0 Å². The van der Waals surface area contributed by atoms with Gasteiger partial charge in [0, 0.05) is 29.6 Å². The summed E-state index contributed by atoms with van der Waals surface area (Å²) in [6.07, 6.45) is 7.20. The summed E-state index contributed by atoms with van der Waals surface area (Å²) in [4.78, 5) is 30.9. The van der Waals surface area contributed by atoms with Crippen LogP contribution in [0.1, 0.15) is 37.2 Å². The molecule has 1 aromatic carbocycles. The van der Waals surface area contributed by atoms with Crippen LogP contribution in [0.4, 0.5) is 0 Å². The lowest BCUT2D eigenvalue weighted by molar-refractivity contribution is -0.119. The number of fused-ring (bicyclic) bond motifs is 2. The number of amides is 1. The molecule has 2 aromatic heterocycles. The van der Waals surface area contributed by atoms with Crippen molar-refractivity contribution >= 4 is 27.5 Å². The Bertz CT molecular complexity index is 1080. The largest absolute Gasteiger partial charge is 0.475 e. The maximum Gasteiger partial charge on any atom is 0.255 e. The second kappa shape index (κ2) is 5.83. The molecule has 2 N–H and O–H groups in total. The van der Waals surface area contributed by atoms with E-state index in [9.17, 15) is 9.59 Å². The smallest absolute Gasteiger partial charge is 0.255 e. The van der Waals surface area contributed by atoms with Crippen LogP contribution in [0.15, 0.2) is 35.4 Å². The second-order valence-electron chi connectivity index (χ2n) is 7.20. The predicted octanol–water partition coefficient (Wildman–Crippen LogP) is 2.61. The van der Waals surface area contributed by atoms with Crippen molar-refractivity contribution in [3.8, 4) is 5.88 Å². The Labute approximate surface area is 149 Å². The van der Waals surface area contributed by atoms with Crippen LogP contribution in [-0.4, -0.2) is 28.5 Å². The number of hydrogen-bond acceptors (Lipinski definition) is 4. The molecule has 1 amide bonds. The predicted molar refractivity (Wildman–Crippen MR) is 98.5 cm³/mol. The summed E-state index contributed by atoms with van der Waals surface area (Å²) in [5.74, 6) is 1.15. The fourth-order valence-corrected chi connectivity index (χ4v) is 3.75. The van der Waals surface area contributed by atoms with Gasteiger partial charge in [-0.3, -0.25) is 9.59 Å². The number of hydrogen-bond donors (Lipinski definition) is 2. The zero-order valence-electron chi connectivity index (χ0n) is 14.2. The second-order valence-corrected chi connectivity index (χ2v) is 7.20. The van der Waals surface area contributed by atoms with Gasteiger partial charge in [0.25, 0.3) is 5.56 Å². The number of nitrogens with zero attached hydrogens (tertiary/aromatic N) is 1. The molecule has 1 aliphatic heterocycles. The van der Waals surface area contributed by atoms with E-state index in [2.05, 4.69) is 15.3 Å². The van der Waals surface area contributed by atoms with Crippen molar-refractivity contribution in [1.82, 2.24) is 15.3 Å². The zero-order valence-corrected chi connectivity index (χ0v) is 14.2. The average molecular weight is 349 g/mol. The monoisotopic (exact) mass is 349 g/mol. The zero-order chi connectivity index (χ0) is 17.7. The van der Waals surface area contributed by atoms with E-state index in [1.807, 2.05) is 24.4 Å². The lowest BCUT2D eigenvalue weighted by Gasteiger charge is -2.13. The van der Waals surface area contributed by atoms with E-state index in [1.54, 1.807) is 6.20 Å². The van der Waals surface area contributed by atoms with Crippen LogP contribution < -0.4 is 15.6 Å². The molecule has 3 aromatic rings. The molecule has 2 aliphatic rings. The van der Waals surface area contributed by atoms with E-state index in [1.165, 1.54) is 5.56 Å². The van der Waals surface area contributed by atoms with Crippen molar-refractivity contribution in [3.63, 3.8) is 0 Å². The van der Waals surface area contributed by atoms with Crippen LogP contribution in [0, 0.1) is 0 Å². The molecular weight excluding hydrogens is 330 g/mol. The minimum absolute atomic E-state index is 0.0323. The van der Waals surface area contributed by atoms with Crippen molar-refractivity contribution < 1.29 is 9.53 Å². The average Bonchev–Trinajstić information content (AvgIpc) is 3.40. The Morgan fingerprint density at radius 3 is 2.77 bits per heavy atom. The van der Waals surface area contributed by atoms with Crippen LogP contribution in [0.5, 0.6) is 5.88 Å². The summed E-state index contributed by atoms with van der Waals surface area (Å²) in [6, 6.07) is 5.87. The molecule has 26 heavy (non-hydrogen) atoms. The molecule has 0 spiro atoms. The lowest BCUT2D eigenvalue weighted by Crippen LogP contribution is -2.31. The summed E-state index contributed by atoms with van der Waals surface area (Å²) in [5.41, 5.74) is 1.12. The summed E-state index contributed by atoms with van der Waals surface area (Å²) >= 11 is 0. The summed E-state index contributed by atoms with van der Waals surface area (Å²) < 4.78 is 5.93. The standard InChI is InChI=1S/C20H19N3O3/c24-18-4-3-13(23-18)10-26-20-14-8-15-16(7-12(14)5-6-21-20)19(25)22-9-17(15)11-1-2-11/h5-9,11,13H,1-4,10H2,(H,22,25)(H,23,24). The number of nitrogens with one attached hydrogen (secondary N) is 2. The van der Waals surface area contributed by atoms with Gasteiger partial charge in [0.2, 0.25) is 11.8 Å². The highest BCUT2D eigenvalue weighted by Gasteiger charge is 2.26. The molecule has 6 heteroatoms. The first-order valence-electron chi connectivity index (χ1n) is 9.05. The van der Waals surface area contributed by atoms with Crippen LogP contribution >= 0.6 is 0 Å². The van der Waals surface area contributed by atoms with Gasteiger partial charge in [0.15, 0.2) is 0 Å². The molecule has 132 valence electrons. The minimum atomic E-state index is -0.0701. The van der Waals surface area contributed by atoms with Gasteiger partial charge >= 0.3 is 0 Å². The summed E-state index contributed by atoms with van der Waals surface area (Å²) in [5, 5.41) is 6.42.